The molecule has 1 heterocycles. The van der Waals surface area contributed by atoms with Gasteiger partial charge in [-0.1, -0.05) is 23.8 Å². The minimum Gasteiger partial charge on any atom is -0.477 e. The van der Waals surface area contributed by atoms with Crippen LogP contribution in [0.15, 0.2) is 35.3 Å². The molecule has 0 aliphatic heterocycles. The van der Waals surface area contributed by atoms with E-state index in [1.165, 1.54) is 22.9 Å². The van der Waals surface area contributed by atoms with Gasteiger partial charge in [-0.15, -0.1) is 0 Å². The number of rotatable bonds is 4. The van der Waals surface area contributed by atoms with Gasteiger partial charge in [-0.05, 0) is 12.1 Å². The predicted octanol–water partition coefficient (Wildman–Crippen LogP) is 2.04. The molecule has 110 valence electrons. The van der Waals surface area contributed by atoms with Crippen LogP contribution in [0.4, 0.5) is 4.39 Å². The molecule has 0 saturated heterocycles. The second-order valence-electron chi connectivity index (χ2n) is 4.27. The van der Waals surface area contributed by atoms with E-state index in [1.807, 2.05) is 0 Å². The third kappa shape index (κ3) is 2.96. The Bertz CT molecular complexity index is 798. The van der Waals surface area contributed by atoms with E-state index in [0.29, 0.717) is 5.52 Å². The first-order valence-electron chi connectivity index (χ1n) is 5.97. The van der Waals surface area contributed by atoms with Gasteiger partial charge in [-0.2, -0.15) is 0 Å². The van der Waals surface area contributed by atoms with Crippen molar-refractivity contribution >= 4 is 28.5 Å². The van der Waals surface area contributed by atoms with Crippen molar-refractivity contribution in [3.63, 3.8) is 0 Å². The standard InChI is InChI=1S/C14H11ClFNO4/c15-10-6-12-8(5-11(10)16)13(19)9(14(20)21)7-17(12)3-1-2-4-18/h1-2,5-7,18H,3-4H2,(H,20,21)/b2-1+. The van der Waals surface area contributed by atoms with Crippen molar-refractivity contribution in [1.29, 1.82) is 0 Å². The molecule has 0 bridgehead atoms. The third-order valence-corrected chi connectivity index (χ3v) is 3.22. The summed E-state index contributed by atoms with van der Waals surface area (Å²) in [6, 6.07) is 2.20. The maximum Gasteiger partial charge on any atom is 0.341 e. The van der Waals surface area contributed by atoms with Gasteiger partial charge in [0.15, 0.2) is 0 Å². The van der Waals surface area contributed by atoms with Gasteiger partial charge in [-0.25, -0.2) is 9.18 Å². The lowest BCUT2D eigenvalue weighted by Gasteiger charge is -2.11. The Morgan fingerprint density at radius 3 is 2.71 bits per heavy atom. The van der Waals surface area contributed by atoms with Crippen molar-refractivity contribution < 1.29 is 19.4 Å². The molecule has 0 aliphatic rings. The van der Waals surface area contributed by atoms with Gasteiger partial charge in [0.1, 0.15) is 11.4 Å². The second-order valence-corrected chi connectivity index (χ2v) is 4.67. The normalized spacial score (nSPS) is 11.4. The Morgan fingerprint density at radius 1 is 1.38 bits per heavy atom. The highest BCUT2D eigenvalue weighted by molar-refractivity contribution is 6.31. The maximum atomic E-state index is 13.5. The number of hydrogen-bond donors (Lipinski definition) is 2. The Labute approximate surface area is 123 Å². The molecule has 21 heavy (non-hydrogen) atoms. The van der Waals surface area contributed by atoms with Crippen LogP contribution < -0.4 is 5.43 Å². The molecule has 0 amide bonds. The Morgan fingerprint density at radius 2 is 2.10 bits per heavy atom. The number of nitrogens with zero attached hydrogens (tertiary/aromatic N) is 1. The number of aliphatic hydroxyl groups is 1. The number of pyridine rings is 1. The van der Waals surface area contributed by atoms with E-state index in [2.05, 4.69) is 0 Å². The number of aliphatic hydroxyl groups excluding tert-OH is 1. The molecule has 7 heteroatoms. The smallest absolute Gasteiger partial charge is 0.341 e. The lowest BCUT2D eigenvalue weighted by atomic mass is 10.1. The zero-order chi connectivity index (χ0) is 15.6. The molecular weight excluding hydrogens is 301 g/mol. The van der Waals surface area contributed by atoms with Crippen LogP contribution in [-0.2, 0) is 6.54 Å². The summed E-state index contributed by atoms with van der Waals surface area (Å²) >= 11 is 5.71. The summed E-state index contributed by atoms with van der Waals surface area (Å²) in [7, 11) is 0. The van der Waals surface area contributed by atoms with Crippen LogP contribution in [0, 0.1) is 5.82 Å². The SMILES string of the molecule is O=C(O)c1cn(C/C=C/CO)c2cc(Cl)c(F)cc2c1=O. The lowest BCUT2D eigenvalue weighted by molar-refractivity contribution is 0.0695. The number of halogens is 2. The third-order valence-electron chi connectivity index (χ3n) is 2.93. The molecule has 0 radical (unpaired) electrons. The van der Waals surface area contributed by atoms with Crippen LogP contribution >= 0.6 is 11.6 Å². The van der Waals surface area contributed by atoms with Crippen LogP contribution in [0.5, 0.6) is 0 Å². The van der Waals surface area contributed by atoms with Crippen molar-refractivity contribution in [2.24, 2.45) is 0 Å². The highest BCUT2D eigenvalue weighted by atomic mass is 35.5. The van der Waals surface area contributed by atoms with E-state index in [-0.39, 0.29) is 23.6 Å². The van der Waals surface area contributed by atoms with Crippen molar-refractivity contribution in [2.75, 3.05) is 6.61 Å². The van der Waals surface area contributed by atoms with Gasteiger partial charge in [0.25, 0.3) is 0 Å². The monoisotopic (exact) mass is 311 g/mol. The zero-order valence-corrected chi connectivity index (χ0v) is 11.5. The fraction of sp³-hybridized carbons (Fsp3) is 0.143. The van der Waals surface area contributed by atoms with Crippen LogP contribution in [0.1, 0.15) is 10.4 Å². The molecule has 0 saturated carbocycles. The summed E-state index contributed by atoms with van der Waals surface area (Å²) in [6.45, 7) is 0.0406. The van der Waals surface area contributed by atoms with E-state index >= 15 is 0 Å². The molecule has 1 aromatic carbocycles. The number of carboxylic acids is 1. The van der Waals surface area contributed by atoms with E-state index in [1.54, 1.807) is 6.08 Å². The van der Waals surface area contributed by atoms with Gasteiger partial charge >= 0.3 is 5.97 Å². The average Bonchev–Trinajstić information content (AvgIpc) is 2.43. The highest BCUT2D eigenvalue weighted by Gasteiger charge is 2.16. The number of fused-ring (bicyclic) bond motifs is 1. The summed E-state index contributed by atoms with van der Waals surface area (Å²) in [5.74, 6) is -2.18. The largest absolute Gasteiger partial charge is 0.477 e. The highest BCUT2D eigenvalue weighted by Crippen LogP contribution is 2.21. The minimum atomic E-state index is -1.39. The summed E-state index contributed by atoms with van der Waals surface area (Å²) in [6.07, 6.45) is 4.23. The minimum absolute atomic E-state index is 0.0609. The molecule has 2 rings (SSSR count). The summed E-state index contributed by atoms with van der Waals surface area (Å²) in [5, 5.41) is 17.5. The van der Waals surface area contributed by atoms with Gasteiger partial charge in [0, 0.05) is 18.1 Å². The Kier molecular flexibility index (Phi) is 4.40. The van der Waals surface area contributed by atoms with E-state index in [0.717, 1.165) is 6.07 Å². The molecule has 0 unspecified atom stereocenters. The summed E-state index contributed by atoms with van der Waals surface area (Å²) < 4.78 is 15.0. The molecule has 0 fully saturated rings. The van der Waals surface area contributed by atoms with E-state index in [4.69, 9.17) is 21.8 Å². The van der Waals surface area contributed by atoms with Crippen LogP contribution in [-0.4, -0.2) is 27.4 Å². The van der Waals surface area contributed by atoms with E-state index < -0.39 is 22.8 Å². The number of carbonyl (C=O) groups is 1. The van der Waals surface area contributed by atoms with Crippen molar-refractivity contribution in [2.45, 2.75) is 6.54 Å². The fourth-order valence-corrected chi connectivity index (χ4v) is 2.11. The first-order valence-corrected chi connectivity index (χ1v) is 6.35. The van der Waals surface area contributed by atoms with Gasteiger partial charge < -0.3 is 14.8 Å². The Hall–Kier alpha value is -2.18. The van der Waals surface area contributed by atoms with Gasteiger partial charge in [0.2, 0.25) is 5.43 Å². The zero-order valence-electron chi connectivity index (χ0n) is 10.7. The summed E-state index contributed by atoms with van der Waals surface area (Å²) in [5.41, 5.74) is -0.906. The predicted molar refractivity (Wildman–Crippen MR) is 76.4 cm³/mol. The molecule has 1 aromatic heterocycles. The Balaban J connectivity index is 2.78. The molecule has 0 aliphatic carbocycles. The lowest BCUT2D eigenvalue weighted by Crippen LogP contribution is -2.19. The van der Waals surface area contributed by atoms with Crippen LogP contribution in [0.25, 0.3) is 10.9 Å². The second kappa shape index (κ2) is 6.07. The average molecular weight is 312 g/mol. The molecule has 0 atom stereocenters. The van der Waals surface area contributed by atoms with Gasteiger partial charge in [-0.3, -0.25) is 4.79 Å². The number of allylic oxidation sites excluding steroid dienone is 1. The quantitative estimate of drug-likeness (QED) is 0.847. The number of carboxylic acid groups (broad SMARTS) is 1. The molecule has 5 nitrogen and oxygen atoms in total. The van der Waals surface area contributed by atoms with E-state index in [9.17, 15) is 14.0 Å². The molecule has 2 N–H and O–H groups in total. The maximum absolute atomic E-state index is 13.5. The number of aromatic carboxylic acids is 1. The fourth-order valence-electron chi connectivity index (χ4n) is 1.95. The number of benzene rings is 1. The van der Waals surface area contributed by atoms with Crippen molar-refractivity contribution in [3.8, 4) is 0 Å². The van der Waals surface area contributed by atoms with Crippen molar-refractivity contribution in [1.82, 2.24) is 4.57 Å². The first-order chi connectivity index (χ1) is 9.95. The van der Waals surface area contributed by atoms with Gasteiger partial charge in [0.05, 0.1) is 17.1 Å². The first kappa shape index (κ1) is 15.2. The number of aromatic nitrogens is 1. The molecule has 2 aromatic rings. The summed E-state index contributed by atoms with van der Waals surface area (Å²) in [4.78, 5) is 23.2. The molecule has 0 spiro atoms. The van der Waals surface area contributed by atoms with Crippen LogP contribution in [0.3, 0.4) is 0 Å². The molecular formula is C14H11ClFNO4. The topological polar surface area (TPSA) is 79.5 Å². The van der Waals surface area contributed by atoms with Crippen LogP contribution in [0.2, 0.25) is 5.02 Å². The number of hydrogen-bond acceptors (Lipinski definition) is 3. The van der Waals surface area contributed by atoms with Crippen molar-refractivity contribution in [3.05, 3.63) is 57.1 Å².